The minimum atomic E-state index is 0.0197. The molecule has 0 aliphatic heterocycles. The number of rotatable bonds is 3. The summed E-state index contributed by atoms with van der Waals surface area (Å²) in [6.07, 6.45) is 4.98. The second-order valence-corrected chi connectivity index (χ2v) is 5.67. The third-order valence-corrected chi connectivity index (χ3v) is 3.91. The van der Waals surface area contributed by atoms with Gasteiger partial charge in [0.25, 0.3) is 5.91 Å². The Morgan fingerprint density at radius 2 is 2.19 bits per heavy atom. The van der Waals surface area contributed by atoms with E-state index in [1.165, 1.54) is 5.56 Å². The average Bonchev–Trinajstić information content (AvgIpc) is 2.96. The molecule has 0 fully saturated rings. The first-order chi connectivity index (χ1) is 10.1. The second-order valence-electron chi connectivity index (χ2n) is 5.67. The summed E-state index contributed by atoms with van der Waals surface area (Å²) in [5.74, 6) is 1.10. The zero-order valence-corrected chi connectivity index (χ0v) is 12.4. The van der Waals surface area contributed by atoms with Crippen LogP contribution in [0, 0.1) is 0 Å². The highest BCUT2D eigenvalue weighted by Gasteiger charge is 2.22. The highest BCUT2D eigenvalue weighted by Crippen LogP contribution is 2.33. The van der Waals surface area contributed by atoms with E-state index in [9.17, 15) is 4.79 Å². The van der Waals surface area contributed by atoms with Gasteiger partial charge in [-0.1, -0.05) is 6.07 Å². The van der Waals surface area contributed by atoms with E-state index in [1.54, 1.807) is 25.3 Å². The fraction of sp³-hybridized carbons (Fsp3) is 0.353. The minimum absolute atomic E-state index is 0.0197. The number of anilines is 1. The molecule has 1 aliphatic rings. The number of nitrogens with one attached hydrogen (secondary N) is 1. The number of hydrogen-bond acceptors (Lipinski definition) is 3. The molecule has 110 valence electrons. The Labute approximate surface area is 124 Å². The largest absolute Gasteiger partial charge is 0.469 e. The van der Waals surface area contributed by atoms with E-state index in [1.807, 2.05) is 30.3 Å². The molecule has 0 saturated carbocycles. The number of fused-ring (bicyclic) bond motifs is 1. The van der Waals surface area contributed by atoms with Crippen LogP contribution >= 0.6 is 0 Å². The van der Waals surface area contributed by atoms with Gasteiger partial charge >= 0.3 is 0 Å². The van der Waals surface area contributed by atoms with Crippen molar-refractivity contribution in [2.45, 2.75) is 25.3 Å². The molecule has 1 aromatic heterocycles. The van der Waals surface area contributed by atoms with Crippen molar-refractivity contribution in [2.24, 2.45) is 0 Å². The summed E-state index contributed by atoms with van der Waals surface area (Å²) >= 11 is 0. The molecule has 3 rings (SSSR count). The van der Waals surface area contributed by atoms with Crippen molar-refractivity contribution in [1.29, 1.82) is 0 Å². The zero-order valence-electron chi connectivity index (χ0n) is 12.4. The molecule has 1 unspecified atom stereocenters. The summed E-state index contributed by atoms with van der Waals surface area (Å²) in [4.78, 5) is 13.6. The molecule has 0 saturated heterocycles. The van der Waals surface area contributed by atoms with Crippen molar-refractivity contribution in [3.05, 3.63) is 53.5 Å². The Bertz CT molecular complexity index is 646. The lowest BCUT2D eigenvalue weighted by molar-refractivity contribution is 0.0827. The number of furan rings is 1. The van der Waals surface area contributed by atoms with Crippen molar-refractivity contribution in [2.75, 3.05) is 19.4 Å². The molecule has 1 N–H and O–H groups in total. The van der Waals surface area contributed by atoms with Gasteiger partial charge in [-0.05, 0) is 37.1 Å². The Morgan fingerprint density at radius 3 is 3.00 bits per heavy atom. The molecule has 1 heterocycles. The molecule has 21 heavy (non-hydrogen) atoms. The van der Waals surface area contributed by atoms with Crippen LogP contribution in [-0.2, 0) is 6.42 Å². The molecule has 1 atom stereocenters. The molecular formula is C17H20N2O2. The predicted molar refractivity (Wildman–Crippen MR) is 82.5 cm³/mol. The Morgan fingerprint density at radius 1 is 1.33 bits per heavy atom. The Hall–Kier alpha value is -2.23. The molecule has 0 spiro atoms. The Balaban J connectivity index is 1.81. The van der Waals surface area contributed by atoms with Crippen molar-refractivity contribution >= 4 is 11.6 Å². The van der Waals surface area contributed by atoms with E-state index in [0.29, 0.717) is 5.56 Å². The summed E-state index contributed by atoms with van der Waals surface area (Å²) in [6, 6.07) is 9.98. The average molecular weight is 284 g/mol. The van der Waals surface area contributed by atoms with Crippen LogP contribution in [0.1, 0.15) is 40.6 Å². The van der Waals surface area contributed by atoms with E-state index in [-0.39, 0.29) is 11.9 Å². The number of hydrogen-bond donors (Lipinski definition) is 1. The predicted octanol–water partition coefficient (Wildman–Crippen LogP) is 3.47. The normalized spacial score (nSPS) is 17.1. The van der Waals surface area contributed by atoms with Crippen LogP contribution in [0.4, 0.5) is 5.69 Å². The molecule has 1 aliphatic carbocycles. The lowest BCUT2D eigenvalue weighted by atomic mass is 9.93. The Kier molecular flexibility index (Phi) is 3.69. The first-order valence-corrected chi connectivity index (χ1v) is 7.29. The van der Waals surface area contributed by atoms with Crippen LogP contribution in [0.15, 0.2) is 41.0 Å². The fourth-order valence-corrected chi connectivity index (χ4v) is 2.84. The number of amides is 1. The van der Waals surface area contributed by atoms with Crippen LogP contribution in [0.2, 0.25) is 0 Å². The van der Waals surface area contributed by atoms with Gasteiger partial charge in [0, 0.05) is 37.3 Å². The number of nitrogens with zero attached hydrogens (tertiary/aromatic N) is 1. The molecule has 0 radical (unpaired) electrons. The maximum absolute atomic E-state index is 12.0. The number of carbonyl (C=O) groups is 1. The van der Waals surface area contributed by atoms with Crippen molar-refractivity contribution in [3.63, 3.8) is 0 Å². The number of aryl methyl sites for hydroxylation is 1. The molecule has 2 aromatic rings. The van der Waals surface area contributed by atoms with Crippen LogP contribution in [0.25, 0.3) is 0 Å². The maximum atomic E-state index is 12.0. The summed E-state index contributed by atoms with van der Waals surface area (Å²) in [7, 11) is 3.53. The van der Waals surface area contributed by atoms with E-state index in [4.69, 9.17) is 4.42 Å². The quantitative estimate of drug-likeness (QED) is 0.938. The SMILES string of the molecule is CN(C)C(=O)c1cccc(NC2CCCc3occc32)c1. The topological polar surface area (TPSA) is 45.5 Å². The smallest absolute Gasteiger partial charge is 0.253 e. The third kappa shape index (κ3) is 2.79. The van der Waals surface area contributed by atoms with Crippen LogP contribution in [0.3, 0.4) is 0 Å². The highest BCUT2D eigenvalue weighted by atomic mass is 16.3. The lowest BCUT2D eigenvalue weighted by Crippen LogP contribution is -2.22. The van der Waals surface area contributed by atoms with Crippen molar-refractivity contribution in [1.82, 2.24) is 4.90 Å². The van der Waals surface area contributed by atoms with Gasteiger partial charge in [0.15, 0.2) is 0 Å². The van der Waals surface area contributed by atoms with Gasteiger partial charge in [0.1, 0.15) is 5.76 Å². The summed E-state index contributed by atoms with van der Waals surface area (Å²) in [5, 5.41) is 3.53. The van der Waals surface area contributed by atoms with Gasteiger partial charge in [-0.2, -0.15) is 0 Å². The van der Waals surface area contributed by atoms with Crippen molar-refractivity contribution in [3.8, 4) is 0 Å². The zero-order chi connectivity index (χ0) is 14.8. The third-order valence-electron chi connectivity index (χ3n) is 3.91. The van der Waals surface area contributed by atoms with Crippen molar-refractivity contribution < 1.29 is 9.21 Å². The number of carbonyl (C=O) groups excluding carboxylic acids is 1. The van der Waals surface area contributed by atoms with Gasteiger partial charge < -0.3 is 14.6 Å². The van der Waals surface area contributed by atoms with Gasteiger partial charge in [-0.3, -0.25) is 4.79 Å². The molecule has 0 bridgehead atoms. The van der Waals surface area contributed by atoms with Crippen LogP contribution in [0.5, 0.6) is 0 Å². The van der Waals surface area contributed by atoms with E-state index >= 15 is 0 Å². The summed E-state index contributed by atoms with van der Waals surface area (Å²) < 4.78 is 5.52. The standard InChI is InChI=1S/C17H20N2O2/c1-19(2)17(20)12-5-3-6-13(11-12)18-15-7-4-8-16-14(15)9-10-21-16/h3,5-6,9-11,15,18H,4,7-8H2,1-2H3. The van der Waals surface area contributed by atoms with Gasteiger partial charge in [0.05, 0.1) is 12.3 Å². The maximum Gasteiger partial charge on any atom is 0.253 e. The molecule has 1 amide bonds. The van der Waals surface area contributed by atoms with E-state index in [0.717, 1.165) is 30.7 Å². The minimum Gasteiger partial charge on any atom is -0.469 e. The fourth-order valence-electron chi connectivity index (χ4n) is 2.84. The molecular weight excluding hydrogens is 264 g/mol. The molecule has 4 nitrogen and oxygen atoms in total. The lowest BCUT2D eigenvalue weighted by Gasteiger charge is -2.24. The number of benzene rings is 1. The van der Waals surface area contributed by atoms with Crippen LogP contribution in [-0.4, -0.2) is 24.9 Å². The van der Waals surface area contributed by atoms with Crippen LogP contribution < -0.4 is 5.32 Å². The highest BCUT2D eigenvalue weighted by molar-refractivity contribution is 5.94. The first kappa shape index (κ1) is 13.7. The monoisotopic (exact) mass is 284 g/mol. The summed E-state index contributed by atoms with van der Waals surface area (Å²) in [6.45, 7) is 0. The van der Waals surface area contributed by atoms with Gasteiger partial charge in [-0.25, -0.2) is 0 Å². The molecule has 4 heteroatoms. The summed E-state index contributed by atoms with van der Waals surface area (Å²) in [5.41, 5.74) is 2.92. The van der Waals surface area contributed by atoms with E-state index in [2.05, 4.69) is 5.32 Å². The van der Waals surface area contributed by atoms with Gasteiger partial charge in [-0.15, -0.1) is 0 Å². The first-order valence-electron chi connectivity index (χ1n) is 7.29. The van der Waals surface area contributed by atoms with E-state index < -0.39 is 0 Å². The molecule has 1 aromatic carbocycles. The van der Waals surface area contributed by atoms with Gasteiger partial charge in [0.2, 0.25) is 0 Å². The second kappa shape index (κ2) is 5.64.